The molecule has 1 aliphatic carbocycles. The fraction of sp³-hybridized carbons (Fsp3) is 0.692. The van der Waals surface area contributed by atoms with Gasteiger partial charge in [0.15, 0.2) is 5.89 Å². The number of oxazole rings is 1. The first kappa shape index (κ1) is 12.9. The third-order valence-electron chi connectivity index (χ3n) is 3.31. The van der Waals surface area contributed by atoms with Crippen LogP contribution in [0.3, 0.4) is 0 Å². The van der Waals surface area contributed by atoms with Crippen LogP contribution in [0.2, 0.25) is 0 Å². The zero-order chi connectivity index (χ0) is 13.0. The minimum atomic E-state index is -1.10. The molecule has 5 heteroatoms. The van der Waals surface area contributed by atoms with E-state index in [2.05, 4.69) is 4.98 Å². The number of hydrogen-bond donors (Lipinski definition) is 1. The first-order valence-electron chi connectivity index (χ1n) is 6.56. The summed E-state index contributed by atoms with van der Waals surface area (Å²) in [7, 11) is 0. The fourth-order valence-electron chi connectivity index (χ4n) is 2.44. The van der Waals surface area contributed by atoms with Crippen molar-refractivity contribution in [1.29, 1.82) is 0 Å². The van der Waals surface area contributed by atoms with E-state index in [9.17, 15) is 4.79 Å². The van der Waals surface area contributed by atoms with Crippen LogP contribution >= 0.6 is 0 Å². The lowest BCUT2D eigenvalue weighted by molar-refractivity contribution is 0.0683. The van der Waals surface area contributed by atoms with Gasteiger partial charge in [0, 0.05) is 6.42 Å². The highest BCUT2D eigenvalue weighted by molar-refractivity contribution is 5.87. The predicted molar refractivity (Wildman–Crippen MR) is 64.9 cm³/mol. The molecule has 1 fully saturated rings. The van der Waals surface area contributed by atoms with Crippen LogP contribution in [0.25, 0.3) is 0 Å². The molecule has 1 aromatic heterocycles. The molecular formula is C13H19NO4. The number of carboxylic acid groups (broad SMARTS) is 1. The van der Waals surface area contributed by atoms with Crippen molar-refractivity contribution in [2.75, 3.05) is 6.61 Å². The van der Waals surface area contributed by atoms with Crippen LogP contribution in [0.5, 0.6) is 5.95 Å². The average Bonchev–Trinajstić information content (AvgIpc) is 2.74. The van der Waals surface area contributed by atoms with Gasteiger partial charge in [0.2, 0.25) is 5.69 Å². The molecule has 1 aromatic rings. The SMILES string of the molecule is CCOc1oc(CC2CCCCC2)nc1C(=O)O. The van der Waals surface area contributed by atoms with Gasteiger partial charge in [0.05, 0.1) is 6.61 Å². The van der Waals surface area contributed by atoms with Crippen LogP contribution < -0.4 is 4.74 Å². The van der Waals surface area contributed by atoms with Gasteiger partial charge in [-0.1, -0.05) is 19.3 Å². The van der Waals surface area contributed by atoms with E-state index in [1.54, 1.807) is 6.92 Å². The first-order valence-corrected chi connectivity index (χ1v) is 6.56. The summed E-state index contributed by atoms with van der Waals surface area (Å²) >= 11 is 0. The number of aromatic nitrogens is 1. The standard InChI is InChI=1S/C13H19NO4/c1-2-17-13-11(12(15)16)14-10(18-13)8-9-6-4-3-5-7-9/h9H,2-8H2,1H3,(H,15,16). The number of ether oxygens (including phenoxy) is 1. The van der Waals surface area contributed by atoms with Gasteiger partial charge in [0.1, 0.15) is 0 Å². The monoisotopic (exact) mass is 253 g/mol. The molecule has 1 heterocycles. The lowest BCUT2D eigenvalue weighted by Gasteiger charge is -2.19. The van der Waals surface area contributed by atoms with E-state index in [1.807, 2.05) is 0 Å². The number of nitrogens with zero attached hydrogens (tertiary/aromatic N) is 1. The minimum Gasteiger partial charge on any atom is -0.476 e. The Morgan fingerprint density at radius 2 is 2.17 bits per heavy atom. The summed E-state index contributed by atoms with van der Waals surface area (Å²) in [5.74, 6) is -0.0100. The molecule has 0 saturated heterocycles. The molecular weight excluding hydrogens is 234 g/mol. The van der Waals surface area contributed by atoms with Crippen molar-refractivity contribution in [2.45, 2.75) is 45.4 Å². The van der Waals surface area contributed by atoms with E-state index in [0.29, 0.717) is 24.8 Å². The molecule has 1 N–H and O–H groups in total. The van der Waals surface area contributed by atoms with Crippen LogP contribution in [0.1, 0.15) is 55.4 Å². The van der Waals surface area contributed by atoms with E-state index >= 15 is 0 Å². The molecule has 0 spiro atoms. The Bertz CT molecular complexity index is 407. The summed E-state index contributed by atoms with van der Waals surface area (Å²) in [6.45, 7) is 2.16. The number of carbonyl (C=O) groups is 1. The van der Waals surface area contributed by atoms with Gasteiger partial charge >= 0.3 is 11.9 Å². The lowest BCUT2D eigenvalue weighted by Crippen LogP contribution is -2.09. The molecule has 2 rings (SSSR count). The average molecular weight is 253 g/mol. The second-order valence-electron chi connectivity index (χ2n) is 4.69. The summed E-state index contributed by atoms with van der Waals surface area (Å²) in [6, 6.07) is 0. The maximum Gasteiger partial charge on any atom is 0.362 e. The van der Waals surface area contributed by atoms with Gasteiger partial charge in [-0.05, 0) is 25.7 Å². The van der Waals surface area contributed by atoms with Gasteiger partial charge in [-0.25, -0.2) is 9.78 Å². The number of carboxylic acids is 1. The third kappa shape index (κ3) is 3.03. The van der Waals surface area contributed by atoms with Crippen molar-refractivity contribution in [1.82, 2.24) is 4.98 Å². The molecule has 0 bridgehead atoms. The van der Waals surface area contributed by atoms with E-state index in [-0.39, 0.29) is 11.6 Å². The summed E-state index contributed by atoms with van der Waals surface area (Å²) in [6.07, 6.45) is 6.86. The van der Waals surface area contributed by atoms with Crippen molar-refractivity contribution in [3.63, 3.8) is 0 Å². The maximum absolute atomic E-state index is 11.0. The van der Waals surface area contributed by atoms with Crippen LogP contribution in [0.15, 0.2) is 4.42 Å². The van der Waals surface area contributed by atoms with Crippen molar-refractivity contribution < 1.29 is 19.1 Å². The van der Waals surface area contributed by atoms with E-state index in [4.69, 9.17) is 14.3 Å². The summed E-state index contributed by atoms with van der Waals surface area (Å²) in [5.41, 5.74) is -0.109. The molecule has 0 atom stereocenters. The highest BCUT2D eigenvalue weighted by atomic mass is 16.6. The van der Waals surface area contributed by atoms with Gasteiger partial charge < -0.3 is 14.3 Å². The van der Waals surface area contributed by atoms with Gasteiger partial charge in [-0.15, -0.1) is 0 Å². The number of aromatic carboxylic acids is 1. The minimum absolute atomic E-state index is 0.0378. The molecule has 1 saturated carbocycles. The Kier molecular flexibility index (Phi) is 4.23. The van der Waals surface area contributed by atoms with Gasteiger partial charge in [-0.3, -0.25) is 0 Å². The van der Waals surface area contributed by atoms with Crippen LogP contribution in [-0.4, -0.2) is 22.7 Å². The molecule has 0 unspecified atom stereocenters. The fourth-order valence-corrected chi connectivity index (χ4v) is 2.44. The smallest absolute Gasteiger partial charge is 0.362 e. The summed E-state index contributed by atoms with van der Waals surface area (Å²) in [5, 5.41) is 9.01. The quantitative estimate of drug-likeness (QED) is 0.873. The number of hydrogen-bond acceptors (Lipinski definition) is 4. The van der Waals surface area contributed by atoms with E-state index in [1.165, 1.54) is 32.1 Å². The van der Waals surface area contributed by atoms with Crippen molar-refractivity contribution >= 4 is 5.97 Å². The maximum atomic E-state index is 11.0. The Morgan fingerprint density at radius 3 is 2.78 bits per heavy atom. The predicted octanol–water partition coefficient (Wildman–Crippen LogP) is 2.89. The second kappa shape index (κ2) is 5.89. The number of rotatable bonds is 5. The summed E-state index contributed by atoms with van der Waals surface area (Å²) < 4.78 is 10.6. The Morgan fingerprint density at radius 1 is 1.44 bits per heavy atom. The molecule has 5 nitrogen and oxygen atoms in total. The zero-order valence-corrected chi connectivity index (χ0v) is 10.6. The second-order valence-corrected chi connectivity index (χ2v) is 4.69. The van der Waals surface area contributed by atoms with Crippen LogP contribution in [-0.2, 0) is 6.42 Å². The highest BCUT2D eigenvalue weighted by Gasteiger charge is 2.23. The van der Waals surface area contributed by atoms with E-state index in [0.717, 1.165) is 0 Å². The third-order valence-corrected chi connectivity index (χ3v) is 3.31. The summed E-state index contributed by atoms with van der Waals surface area (Å²) in [4.78, 5) is 15.0. The van der Waals surface area contributed by atoms with E-state index < -0.39 is 5.97 Å². The van der Waals surface area contributed by atoms with Gasteiger partial charge in [-0.2, -0.15) is 0 Å². The lowest BCUT2D eigenvalue weighted by atomic mass is 9.87. The molecule has 18 heavy (non-hydrogen) atoms. The topological polar surface area (TPSA) is 72.6 Å². The highest BCUT2D eigenvalue weighted by Crippen LogP contribution is 2.29. The normalized spacial score (nSPS) is 16.7. The molecule has 1 aliphatic rings. The Balaban J connectivity index is 2.07. The van der Waals surface area contributed by atoms with Crippen molar-refractivity contribution in [3.05, 3.63) is 11.6 Å². The van der Waals surface area contributed by atoms with Crippen LogP contribution in [0.4, 0.5) is 0 Å². The molecule has 0 radical (unpaired) electrons. The van der Waals surface area contributed by atoms with Crippen molar-refractivity contribution in [3.8, 4) is 5.95 Å². The molecule has 100 valence electrons. The first-order chi connectivity index (χ1) is 8.70. The molecule has 0 aliphatic heterocycles. The largest absolute Gasteiger partial charge is 0.476 e. The van der Waals surface area contributed by atoms with Gasteiger partial charge in [0.25, 0.3) is 0 Å². The Hall–Kier alpha value is -1.52. The zero-order valence-electron chi connectivity index (χ0n) is 10.6. The molecule has 0 amide bonds. The molecule has 0 aromatic carbocycles. The Labute approximate surface area is 106 Å². The van der Waals surface area contributed by atoms with Crippen molar-refractivity contribution in [2.24, 2.45) is 5.92 Å². The van der Waals surface area contributed by atoms with Crippen LogP contribution in [0, 0.1) is 5.92 Å².